The van der Waals surface area contributed by atoms with Crippen LogP contribution in [-0.2, 0) is 6.42 Å². The number of benzene rings is 1. The zero-order valence-electron chi connectivity index (χ0n) is 10.1. The van der Waals surface area contributed by atoms with Crippen LogP contribution in [0.2, 0.25) is 0 Å². The Kier molecular flexibility index (Phi) is 3.87. The van der Waals surface area contributed by atoms with Crippen molar-refractivity contribution in [2.75, 3.05) is 6.61 Å². The largest absolute Gasteiger partial charge is 0.493 e. The molecule has 0 aliphatic carbocycles. The lowest BCUT2D eigenvalue weighted by Gasteiger charge is -2.27. The molecule has 3 heteroatoms. The lowest BCUT2D eigenvalue weighted by molar-refractivity contribution is 0.326. The third-order valence-electron chi connectivity index (χ3n) is 3.01. The second kappa shape index (κ2) is 4.64. The van der Waals surface area contributed by atoms with Gasteiger partial charge in [0.1, 0.15) is 5.75 Å². The SMILES string of the molecule is CC(C)(C)[C@@H](N)c1ccc2c(c1)CCO2.Cl. The molecule has 2 rings (SSSR count). The summed E-state index contributed by atoms with van der Waals surface area (Å²) >= 11 is 0. The quantitative estimate of drug-likeness (QED) is 0.820. The first-order chi connectivity index (χ1) is 6.98. The van der Waals surface area contributed by atoms with Crippen LogP contribution in [0.1, 0.15) is 37.9 Å². The van der Waals surface area contributed by atoms with Crippen molar-refractivity contribution >= 4 is 12.4 Å². The summed E-state index contributed by atoms with van der Waals surface area (Å²) in [6.45, 7) is 7.31. The van der Waals surface area contributed by atoms with E-state index in [1.807, 2.05) is 6.07 Å². The summed E-state index contributed by atoms with van der Waals surface area (Å²) in [4.78, 5) is 0. The molecular weight excluding hydrogens is 222 g/mol. The molecule has 0 aromatic heterocycles. The van der Waals surface area contributed by atoms with Crippen LogP contribution in [0, 0.1) is 5.41 Å². The number of rotatable bonds is 1. The highest BCUT2D eigenvalue weighted by Crippen LogP contribution is 2.34. The minimum absolute atomic E-state index is 0. The van der Waals surface area contributed by atoms with Crippen molar-refractivity contribution < 1.29 is 4.74 Å². The van der Waals surface area contributed by atoms with E-state index in [1.54, 1.807) is 0 Å². The molecule has 90 valence electrons. The molecular formula is C13H20ClNO. The highest BCUT2D eigenvalue weighted by atomic mass is 35.5. The topological polar surface area (TPSA) is 35.2 Å². The fourth-order valence-corrected chi connectivity index (χ4v) is 1.90. The normalized spacial score (nSPS) is 16.0. The molecule has 1 aliphatic heterocycles. The van der Waals surface area contributed by atoms with Gasteiger partial charge in [0.25, 0.3) is 0 Å². The van der Waals surface area contributed by atoms with Gasteiger partial charge in [-0.3, -0.25) is 0 Å². The predicted molar refractivity (Wildman–Crippen MR) is 69.3 cm³/mol. The molecule has 0 saturated heterocycles. The number of hydrogen-bond acceptors (Lipinski definition) is 2. The van der Waals surface area contributed by atoms with Gasteiger partial charge in [0.15, 0.2) is 0 Å². The molecule has 0 saturated carbocycles. The lowest BCUT2D eigenvalue weighted by Crippen LogP contribution is -2.26. The van der Waals surface area contributed by atoms with Crippen molar-refractivity contribution in [3.8, 4) is 5.75 Å². The molecule has 1 aromatic rings. The zero-order valence-corrected chi connectivity index (χ0v) is 10.9. The summed E-state index contributed by atoms with van der Waals surface area (Å²) in [7, 11) is 0. The van der Waals surface area contributed by atoms with Crippen molar-refractivity contribution in [3.05, 3.63) is 29.3 Å². The summed E-state index contributed by atoms with van der Waals surface area (Å²) in [6, 6.07) is 6.41. The molecule has 0 fully saturated rings. The molecule has 2 N–H and O–H groups in total. The van der Waals surface area contributed by atoms with Gasteiger partial charge in [-0.15, -0.1) is 12.4 Å². The Bertz CT molecular complexity index is 371. The van der Waals surface area contributed by atoms with E-state index in [9.17, 15) is 0 Å². The van der Waals surface area contributed by atoms with Crippen molar-refractivity contribution in [2.45, 2.75) is 33.2 Å². The Morgan fingerprint density at radius 1 is 1.31 bits per heavy atom. The average Bonchev–Trinajstić information content (AvgIpc) is 2.61. The van der Waals surface area contributed by atoms with Crippen LogP contribution >= 0.6 is 12.4 Å². The van der Waals surface area contributed by atoms with Crippen LogP contribution in [0.5, 0.6) is 5.75 Å². The van der Waals surface area contributed by atoms with Gasteiger partial charge in [0, 0.05) is 12.5 Å². The Balaban J connectivity index is 0.00000128. The van der Waals surface area contributed by atoms with Crippen LogP contribution in [0.15, 0.2) is 18.2 Å². The standard InChI is InChI=1S/C13H19NO.ClH/c1-13(2,3)12(14)10-4-5-11-9(8-10)6-7-15-11;/h4-5,8,12H,6-7,14H2,1-3H3;1H/t12-;/m0./s1. The number of halogens is 1. The van der Waals surface area contributed by atoms with Gasteiger partial charge >= 0.3 is 0 Å². The van der Waals surface area contributed by atoms with E-state index in [1.165, 1.54) is 11.1 Å². The summed E-state index contributed by atoms with van der Waals surface area (Å²) in [6.07, 6.45) is 1.01. The maximum atomic E-state index is 6.23. The first-order valence-electron chi connectivity index (χ1n) is 5.50. The monoisotopic (exact) mass is 241 g/mol. The maximum absolute atomic E-state index is 6.23. The molecule has 0 spiro atoms. The van der Waals surface area contributed by atoms with E-state index >= 15 is 0 Å². The molecule has 0 bridgehead atoms. The summed E-state index contributed by atoms with van der Waals surface area (Å²) in [5, 5.41) is 0. The Morgan fingerprint density at radius 2 is 2.00 bits per heavy atom. The second-order valence-electron chi connectivity index (χ2n) is 5.31. The predicted octanol–water partition coefficient (Wildman–Crippen LogP) is 3.09. The van der Waals surface area contributed by atoms with Gasteiger partial charge in [-0.1, -0.05) is 32.9 Å². The average molecular weight is 242 g/mol. The number of hydrogen-bond donors (Lipinski definition) is 1. The number of nitrogens with two attached hydrogens (primary N) is 1. The lowest BCUT2D eigenvalue weighted by atomic mass is 9.82. The summed E-state index contributed by atoms with van der Waals surface area (Å²) in [5.74, 6) is 1.03. The van der Waals surface area contributed by atoms with Crippen LogP contribution < -0.4 is 10.5 Å². The first-order valence-corrected chi connectivity index (χ1v) is 5.50. The van der Waals surface area contributed by atoms with Crippen molar-refractivity contribution in [1.82, 2.24) is 0 Å². The van der Waals surface area contributed by atoms with E-state index in [0.29, 0.717) is 0 Å². The minimum Gasteiger partial charge on any atom is -0.493 e. The van der Waals surface area contributed by atoms with Crippen LogP contribution in [0.3, 0.4) is 0 Å². The molecule has 1 atom stereocenters. The van der Waals surface area contributed by atoms with E-state index in [-0.39, 0.29) is 23.9 Å². The molecule has 0 amide bonds. The molecule has 0 radical (unpaired) electrons. The van der Waals surface area contributed by atoms with E-state index in [2.05, 4.69) is 32.9 Å². The van der Waals surface area contributed by atoms with Crippen LogP contribution in [0.4, 0.5) is 0 Å². The molecule has 1 heterocycles. The van der Waals surface area contributed by atoms with Gasteiger partial charge in [-0.25, -0.2) is 0 Å². The fourth-order valence-electron chi connectivity index (χ4n) is 1.90. The van der Waals surface area contributed by atoms with E-state index in [4.69, 9.17) is 10.5 Å². The van der Waals surface area contributed by atoms with Gasteiger partial charge in [0.2, 0.25) is 0 Å². The highest BCUT2D eigenvalue weighted by Gasteiger charge is 2.23. The van der Waals surface area contributed by atoms with Gasteiger partial charge in [-0.05, 0) is 22.6 Å². The van der Waals surface area contributed by atoms with E-state index < -0.39 is 0 Å². The maximum Gasteiger partial charge on any atom is 0.122 e. The van der Waals surface area contributed by atoms with E-state index in [0.717, 1.165) is 18.8 Å². The fraction of sp³-hybridized carbons (Fsp3) is 0.538. The highest BCUT2D eigenvalue weighted by molar-refractivity contribution is 5.85. The Labute approximate surface area is 104 Å². The first kappa shape index (κ1) is 13.3. The van der Waals surface area contributed by atoms with Crippen LogP contribution in [0.25, 0.3) is 0 Å². The van der Waals surface area contributed by atoms with Crippen LogP contribution in [-0.4, -0.2) is 6.61 Å². The minimum atomic E-state index is 0. The molecule has 1 aromatic carbocycles. The molecule has 2 nitrogen and oxygen atoms in total. The molecule has 1 aliphatic rings. The summed E-state index contributed by atoms with van der Waals surface area (Å²) < 4.78 is 5.48. The van der Waals surface area contributed by atoms with Gasteiger partial charge in [0.05, 0.1) is 6.61 Å². The number of fused-ring (bicyclic) bond motifs is 1. The van der Waals surface area contributed by atoms with Gasteiger partial charge < -0.3 is 10.5 Å². The Hall–Kier alpha value is -0.730. The molecule has 0 unspecified atom stereocenters. The summed E-state index contributed by atoms with van der Waals surface area (Å²) in [5.41, 5.74) is 8.84. The third kappa shape index (κ3) is 2.50. The van der Waals surface area contributed by atoms with Gasteiger partial charge in [-0.2, -0.15) is 0 Å². The Morgan fingerprint density at radius 3 is 2.62 bits per heavy atom. The zero-order chi connectivity index (χ0) is 11.1. The number of ether oxygens (including phenoxy) is 1. The second-order valence-corrected chi connectivity index (χ2v) is 5.31. The van der Waals surface area contributed by atoms with Crippen molar-refractivity contribution in [1.29, 1.82) is 0 Å². The third-order valence-corrected chi connectivity index (χ3v) is 3.01. The smallest absolute Gasteiger partial charge is 0.122 e. The molecule has 16 heavy (non-hydrogen) atoms. The van der Waals surface area contributed by atoms with Crippen molar-refractivity contribution in [3.63, 3.8) is 0 Å². The van der Waals surface area contributed by atoms with Crippen molar-refractivity contribution in [2.24, 2.45) is 11.1 Å².